The van der Waals surface area contributed by atoms with Gasteiger partial charge in [0.05, 0.1) is 28.9 Å². The molecule has 2 rings (SSSR count). The van der Waals surface area contributed by atoms with Crippen LogP contribution in [0.25, 0.3) is 0 Å². The van der Waals surface area contributed by atoms with Crippen LogP contribution in [0.1, 0.15) is 32.6 Å². The summed E-state index contributed by atoms with van der Waals surface area (Å²) < 4.78 is 5.69. The molecule has 4 nitrogen and oxygen atoms in total. The molecule has 0 heterocycles. The van der Waals surface area contributed by atoms with Crippen molar-refractivity contribution in [1.29, 1.82) is 0 Å². The number of hydrogen-bond acceptors (Lipinski definition) is 3. The zero-order valence-electron chi connectivity index (χ0n) is 14.9. The number of nitrogens with one attached hydrogen (secondary N) is 2. The second-order valence-electron chi connectivity index (χ2n) is 5.94. The summed E-state index contributed by atoms with van der Waals surface area (Å²) in [6.45, 7) is 3.00. The van der Waals surface area contributed by atoms with E-state index in [9.17, 15) is 4.79 Å². The van der Waals surface area contributed by atoms with Crippen molar-refractivity contribution in [1.82, 2.24) is 0 Å². The predicted octanol–water partition coefficient (Wildman–Crippen LogP) is 6.00. The summed E-state index contributed by atoms with van der Waals surface area (Å²) in [4.78, 5) is 12.1. The first kappa shape index (κ1) is 20.4. The van der Waals surface area contributed by atoms with Crippen LogP contribution in [-0.4, -0.2) is 19.1 Å². The highest BCUT2D eigenvalue weighted by molar-refractivity contribution is 6.43. The van der Waals surface area contributed by atoms with Crippen molar-refractivity contribution in [3.8, 4) is 5.75 Å². The number of benzene rings is 2. The molecule has 2 N–H and O–H groups in total. The van der Waals surface area contributed by atoms with E-state index in [-0.39, 0.29) is 12.5 Å². The fourth-order valence-corrected chi connectivity index (χ4v) is 2.74. The van der Waals surface area contributed by atoms with E-state index < -0.39 is 0 Å². The minimum atomic E-state index is -0.172. The molecular formula is C20H24Cl2N2O2. The van der Waals surface area contributed by atoms with Gasteiger partial charge in [-0.25, -0.2) is 0 Å². The number of ether oxygens (including phenoxy) is 1. The topological polar surface area (TPSA) is 50.4 Å². The molecule has 0 fully saturated rings. The minimum Gasteiger partial charge on any atom is -0.494 e. The molecule has 0 bridgehead atoms. The normalized spacial score (nSPS) is 10.4. The molecule has 0 spiro atoms. The Morgan fingerprint density at radius 3 is 2.54 bits per heavy atom. The molecule has 140 valence electrons. The molecule has 0 unspecified atom stereocenters. The van der Waals surface area contributed by atoms with Crippen LogP contribution < -0.4 is 15.4 Å². The van der Waals surface area contributed by atoms with Crippen LogP contribution in [0.15, 0.2) is 42.5 Å². The van der Waals surface area contributed by atoms with E-state index in [1.54, 1.807) is 18.2 Å². The molecule has 0 radical (unpaired) electrons. The number of anilines is 2. The average molecular weight is 395 g/mol. The molecule has 2 aromatic rings. The number of amides is 1. The lowest BCUT2D eigenvalue weighted by Crippen LogP contribution is -2.21. The van der Waals surface area contributed by atoms with Crippen LogP contribution in [0.3, 0.4) is 0 Å². The lowest BCUT2D eigenvalue weighted by Gasteiger charge is -2.11. The summed E-state index contributed by atoms with van der Waals surface area (Å²) in [6.07, 6.45) is 4.70. The van der Waals surface area contributed by atoms with Gasteiger partial charge in [-0.1, -0.05) is 55.5 Å². The van der Waals surface area contributed by atoms with Gasteiger partial charge in [0.2, 0.25) is 5.91 Å². The Labute approximate surface area is 164 Å². The number of rotatable bonds is 10. The third-order valence-electron chi connectivity index (χ3n) is 3.80. The van der Waals surface area contributed by atoms with Crippen molar-refractivity contribution in [2.75, 3.05) is 23.8 Å². The molecule has 0 aromatic heterocycles. The Morgan fingerprint density at radius 1 is 1.04 bits per heavy atom. The molecule has 2 aromatic carbocycles. The van der Waals surface area contributed by atoms with Crippen LogP contribution in [-0.2, 0) is 4.79 Å². The molecule has 0 saturated carbocycles. The summed E-state index contributed by atoms with van der Waals surface area (Å²) >= 11 is 12.0. The Kier molecular flexibility index (Phi) is 8.59. The zero-order valence-corrected chi connectivity index (χ0v) is 16.4. The average Bonchev–Trinajstić information content (AvgIpc) is 2.64. The van der Waals surface area contributed by atoms with Crippen LogP contribution in [0.4, 0.5) is 11.4 Å². The predicted molar refractivity (Wildman–Crippen MR) is 110 cm³/mol. The summed E-state index contributed by atoms with van der Waals surface area (Å²) in [7, 11) is 0. The van der Waals surface area contributed by atoms with Gasteiger partial charge in [-0.2, -0.15) is 0 Å². The largest absolute Gasteiger partial charge is 0.494 e. The molecule has 0 aliphatic carbocycles. The molecular weight excluding hydrogens is 371 g/mol. The quantitative estimate of drug-likeness (QED) is 0.485. The second-order valence-corrected chi connectivity index (χ2v) is 6.72. The van der Waals surface area contributed by atoms with Gasteiger partial charge in [-0.05, 0) is 42.8 Å². The van der Waals surface area contributed by atoms with E-state index in [0.717, 1.165) is 18.8 Å². The molecule has 0 aliphatic heterocycles. The Balaban J connectivity index is 1.75. The van der Waals surface area contributed by atoms with Gasteiger partial charge in [0, 0.05) is 5.69 Å². The highest BCUT2D eigenvalue weighted by Gasteiger charge is 2.07. The van der Waals surface area contributed by atoms with E-state index in [1.807, 2.05) is 24.3 Å². The maximum Gasteiger partial charge on any atom is 0.243 e. The smallest absolute Gasteiger partial charge is 0.243 e. The van der Waals surface area contributed by atoms with Crippen molar-refractivity contribution in [3.05, 3.63) is 52.5 Å². The maximum absolute atomic E-state index is 12.1. The Morgan fingerprint density at radius 2 is 1.81 bits per heavy atom. The number of carbonyl (C=O) groups excluding carboxylic acids is 1. The first-order chi connectivity index (χ1) is 12.6. The van der Waals surface area contributed by atoms with Gasteiger partial charge < -0.3 is 15.4 Å². The zero-order chi connectivity index (χ0) is 18.8. The molecule has 0 aliphatic rings. The Hall–Kier alpha value is -1.91. The van der Waals surface area contributed by atoms with Gasteiger partial charge in [0.25, 0.3) is 0 Å². The van der Waals surface area contributed by atoms with E-state index >= 15 is 0 Å². The number of carbonyl (C=O) groups is 1. The lowest BCUT2D eigenvalue weighted by atomic mass is 10.2. The molecule has 0 atom stereocenters. The van der Waals surface area contributed by atoms with Crippen LogP contribution in [0.5, 0.6) is 5.75 Å². The SMILES string of the molecule is CCCCCCOc1ccc(NC(=O)CNc2cccc(Cl)c2Cl)cc1. The molecule has 1 amide bonds. The maximum atomic E-state index is 12.1. The Bertz CT molecular complexity index is 705. The second kappa shape index (κ2) is 10.9. The van der Waals surface area contributed by atoms with E-state index in [4.69, 9.17) is 27.9 Å². The number of halogens is 2. The van der Waals surface area contributed by atoms with Gasteiger partial charge in [-0.3, -0.25) is 4.79 Å². The van der Waals surface area contributed by atoms with Crippen molar-refractivity contribution in [2.45, 2.75) is 32.6 Å². The summed E-state index contributed by atoms with van der Waals surface area (Å²) in [6, 6.07) is 12.6. The van der Waals surface area contributed by atoms with Gasteiger partial charge in [0.1, 0.15) is 5.75 Å². The van der Waals surface area contributed by atoms with Crippen molar-refractivity contribution < 1.29 is 9.53 Å². The molecule has 6 heteroatoms. The van der Waals surface area contributed by atoms with Crippen molar-refractivity contribution in [2.24, 2.45) is 0 Å². The van der Waals surface area contributed by atoms with Crippen molar-refractivity contribution >= 4 is 40.5 Å². The third-order valence-corrected chi connectivity index (χ3v) is 4.61. The van der Waals surface area contributed by atoms with Crippen LogP contribution >= 0.6 is 23.2 Å². The fourth-order valence-electron chi connectivity index (χ4n) is 2.37. The van der Waals surface area contributed by atoms with Crippen molar-refractivity contribution in [3.63, 3.8) is 0 Å². The van der Waals surface area contributed by atoms with Gasteiger partial charge in [0.15, 0.2) is 0 Å². The fraction of sp³-hybridized carbons (Fsp3) is 0.350. The third kappa shape index (κ3) is 6.77. The summed E-state index contributed by atoms with van der Waals surface area (Å²) in [5, 5.41) is 6.65. The van der Waals surface area contributed by atoms with E-state index in [2.05, 4.69) is 17.6 Å². The minimum absolute atomic E-state index is 0.0930. The van der Waals surface area contributed by atoms with Gasteiger partial charge in [-0.15, -0.1) is 0 Å². The lowest BCUT2D eigenvalue weighted by molar-refractivity contribution is -0.114. The highest BCUT2D eigenvalue weighted by Crippen LogP contribution is 2.29. The summed E-state index contributed by atoms with van der Waals surface area (Å²) in [5.41, 5.74) is 1.34. The highest BCUT2D eigenvalue weighted by atomic mass is 35.5. The number of hydrogen-bond donors (Lipinski definition) is 2. The summed E-state index contributed by atoms with van der Waals surface area (Å²) in [5.74, 6) is 0.637. The molecule has 0 saturated heterocycles. The standard InChI is InChI=1S/C20H24Cl2N2O2/c1-2-3-4-5-13-26-16-11-9-15(10-12-16)24-19(25)14-23-18-8-6-7-17(21)20(18)22/h6-12,23H,2-5,13-14H2,1H3,(H,24,25). The first-order valence-electron chi connectivity index (χ1n) is 8.80. The number of unbranched alkanes of at least 4 members (excludes halogenated alkanes) is 3. The van der Waals surface area contributed by atoms with Gasteiger partial charge >= 0.3 is 0 Å². The first-order valence-corrected chi connectivity index (χ1v) is 9.56. The van der Waals surface area contributed by atoms with E-state index in [0.29, 0.717) is 21.4 Å². The van der Waals surface area contributed by atoms with Crippen LogP contribution in [0, 0.1) is 0 Å². The van der Waals surface area contributed by atoms with Crippen LogP contribution in [0.2, 0.25) is 10.0 Å². The monoisotopic (exact) mass is 394 g/mol. The molecule has 26 heavy (non-hydrogen) atoms. The van der Waals surface area contributed by atoms with E-state index in [1.165, 1.54) is 19.3 Å².